The molecule has 1 aliphatic heterocycles. The summed E-state index contributed by atoms with van der Waals surface area (Å²) in [7, 11) is 0. The summed E-state index contributed by atoms with van der Waals surface area (Å²) in [5.74, 6) is 0.996. The SMILES string of the molecule is C[C@@H]1C=CC2=C(C1)C1C=C(N(C3=CCC(c4ccc(N(c5ccc(-c6ccccc6)cc5)c5ccc6c(c5)c5ccccc5n6-c5ccccc5)cc4)C=C3)c3ccc(-c4ccccc4)cc3)C=CC1N2c1ccccc1. The molecule has 0 radical (unpaired) electrons. The third-order valence-corrected chi connectivity index (χ3v) is 16.2. The molecular formula is C73H58N4. The molecular weight excluding hydrogens is 933 g/mol. The zero-order chi connectivity index (χ0) is 51.2. The van der Waals surface area contributed by atoms with E-state index < -0.39 is 0 Å². The second-order valence-electron chi connectivity index (χ2n) is 20.9. The van der Waals surface area contributed by atoms with Crippen LogP contribution in [0, 0.1) is 11.8 Å². The van der Waals surface area contributed by atoms with Crippen LogP contribution in [0.2, 0.25) is 0 Å². The van der Waals surface area contributed by atoms with Crippen molar-refractivity contribution < 1.29 is 0 Å². The van der Waals surface area contributed by atoms with Crippen molar-refractivity contribution >= 4 is 50.2 Å². The Labute approximate surface area is 452 Å². The Kier molecular flexibility index (Phi) is 11.8. The zero-order valence-corrected chi connectivity index (χ0v) is 43.1. The van der Waals surface area contributed by atoms with Crippen LogP contribution in [0.15, 0.2) is 308 Å². The predicted molar refractivity (Wildman–Crippen MR) is 323 cm³/mol. The number of anilines is 5. The van der Waals surface area contributed by atoms with Gasteiger partial charge in [-0.15, -0.1) is 0 Å². The van der Waals surface area contributed by atoms with E-state index in [9.17, 15) is 0 Å². The number of aromatic nitrogens is 1. The molecule has 0 N–H and O–H groups in total. The molecule has 0 bridgehead atoms. The van der Waals surface area contributed by atoms with Crippen molar-refractivity contribution in [3.63, 3.8) is 0 Å². The van der Waals surface area contributed by atoms with Gasteiger partial charge in [0.25, 0.3) is 0 Å². The van der Waals surface area contributed by atoms with Gasteiger partial charge in [0.05, 0.1) is 17.1 Å². The fourth-order valence-corrected chi connectivity index (χ4v) is 12.5. The number of hydrogen-bond acceptors (Lipinski definition) is 3. The van der Waals surface area contributed by atoms with Gasteiger partial charge < -0.3 is 19.3 Å². The van der Waals surface area contributed by atoms with Gasteiger partial charge in [-0.1, -0.05) is 189 Å². The molecule has 0 amide bonds. The Hall–Kier alpha value is -9.38. The van der Waals surface area contributed by atoms with Gasteiger partial charge in [-0.2, -0.15) is 0 Å². The maximum atomic E-state index is 2.56. The molecule has 10 aromatic rings. The molecule has 4 aliphatic rings. The van der Waals surface area contributed by atoms with E-state index in [1.807, 2.05) is 0 Å². The third-order valence-electron chi connectivity index (χ3n) is 16.2. The van der Waals surface area contributed by atoms with Crippen molar-refractivity contribution in [1.82, 2.24) is 4.57 Å². The highest BCUT2D eigenvalue weighted by atomic mass is 15.2. The number of hydrogen-bond donors (Lipinski definition) is 0. The Bertz CT molecular complexity index is 3980. The first-order valence-corrected chi connectivity index (χ1v) is 27.2. The number of benzene rings is 9. The van der Waals surface area contributed by atoms with Crippen molar-refractivity contribution in [3.8, 4) is 27.9 Å². The molecule has 3 aliphatic carbocycles. The number of para-hydroxylation sites is 3. The molecule has 4 nitrogen and oxygen atoms in total. The fraction of sp³-hybridized carbons (Fsp3) is 0.0959. The van der Waals surface area contributed by atoms with E-state index in [1.54, 1.807) is 0 Å². The summed E-state index contributed by atoms with van der Waals surface area (Å²) in [6, 6.07) is 86.3. The number of nitrogens with zero attached hydrogens (tertiary/aromatic N) is 4. The minimum atomic E-state index is 0.223. The molecule has 0 spiro atoms. The van der Waals surface area contributed by atoms with Crippen LogP contribution in [0.25, 0.3) is 49.7 Å². The first-order chi connectivity index (χ1) is 38.1. The summed E-state index contributed by atoms with van der Waals surface area (Å²) in [6.45, 7) is 2.35. The highest BCUT2D eigenvalue weighted by molar-refractivity contribution is 6.10. The van der Waals surface area contributed by atoms with E-state index in [0.29, 0.717) is 5.92 Å². The van der Waals surface area contributed by atoms with Gasteiger partial charge in [-0.05, 0) is 155 Å². The molecule has 4 heteroatoms. The Morgan fingerprint density at radius 3 is 1.60 bits per heavy atom. The van der Waals surface area contributed by atoms with Crippen LogP contribution in [0.4, 0.5) is 28.4 Å². The van der Waals surface area contributed by atoms with Crippen LogP contribution in [0.1, 0.15) is 31.2 Å². The maximum Gasteiger partial charge on any atom is 0.0627 e. The van der Waals surface area contributed by atoms with E-state index >= 15 is 0 Å². The van der Waals surface area contributed by atoms with E-state index in [1.165, 1.54) is 78.0 Å². The van der Waals surface area contributed by atoms with Gasteiger partial charge in [-0.25, -0.2) is 0 Å². The normalized spacial score (nSPS) is 18.5. The summed E-state index contributed by atoms with van der Waals surface area (Å²) in [6.07, 6.45) is 21.3. The minimum Gasteiger partial charge on any atom is -0.334 e. The van der Waals surface area contributed by atoms with E-state index in [0.717, 1.165) is 41.3 Å². The highest BCUT2D eigenvalue weighted by Crippen LogP contribution is 2.48. The lowest BCUT2D eigenvalue weighted by molar-refractivity contribution is 0.611. The van der Waals surface area contributed by atoms with Gasteiger partial charge in [0.2, 0.25) is 0 Å². The maximum absolute atomic E-state index is 2.56. The van der Waals surface area contributed by atoms with Gasteiger partial charge in [-0.3, -0.25) is 0 Å². The molecule has 0 saturated heterocycles. The lowest BCUT2D eigenvalue weighted by atomic mass is 9.83. The summed E-state index contributed by atoms with van der Waals surface area (Å²) in [5.41, 5.74) is 20.7. The molecule has 14 rings (SSSR count). The van der Waals surface area contributed by atoms with E-state index in [2.05, 4.69) is 311 Å². The van der Waals surface area contributed by atoms with Gasteiger partial charge >= 0.3 is 0 Å². The number of rotatable bonds is 11. The van der Waals surface area contributed by atoms with Crippen LogP contribution in [-0.2, 0) is 0 Å². The molecule has 2 heterocycles. The standard InChI is InChI=1S/C73H58N4/c1-51-26-45-71-67(48-51)69-50-65(44-47-73(69)77(71)59-22-12-5-13-23-59)75(61-37-29-55(30-38-61)53-18-8-3-9-19-53)63-41-33-57(34-42-63)56-31-39-62(40-32-56)74(60-35-27-54(28-36-60)52-16-6-2-7-17-52)64-43-46-72-68(49-64)66-24-14-15-25-70(66)76(72)58-20-10-4-11-21-58/h2-33,35-47,49-51,57,69,73H,34,48H2,1H3/t51-,57?,69?,73?/m1/s1. The lowest BCUT2D eigenvalue weighted by Gasteiger charge is -2.35. The van der Waals surface area contributed by atoms with Gasteiger partial charge in [0.15, 0.2) is 0 Å². The van der Waals surface area contributed by atoms with Gasteiger partial charge in [0.1, 0.15) is 0 Å². The summed E-state index contributed by atoms with van der Waals surface area (Å²) < 4.78 is 2.38. The molecule has 0 fully saturated rings. The Morgan fingerprint density at radius 1 is 0.429 bits per heavy atom. The van der Waals surface area contributed by atoms with Crippen molar-refractivity contribution in [2.45, 2.75) is 31.7 Å². The third kappa shape index (κ3) is 8.53. The van der Waals surface area contributed by atoms with Crippen LogP contribution < -0.4 is 14.7 Å². The molecule has 370 valence electrons. The first-order valence-electron chi connectivity index (χ1n) is 27.2. The zero-order valence-electron chi connectivity index (χ0n) is 43.1. The molecule has 3 unspecified atom stereocenters. The van der Waals surface area contributed by atoms with Crippen LogP contribution in [-0.4, -0.2) is 10.6 Å². The molecule has 77 heavy (non-hydrogen) atoms. The molecule has 4 atom stereocenters. The summed E-state index contributed by atoms with van der Waals surface area (Å²) in [4.78, 5) is 7.46. The topological polar surface area (TPSA) is 14.7 Å². The Morgan fingerprint density at radius 2 is 0.961 bits per heavy atom. The largest absolute Gasteiger partial charge is 0.334 e. The second kappa shape index (κ2) is 19.7. The van der Waals surface area contributed by atoms with Crippen molar-refractivity contribution in [3.05, 3.63) is 313 Å². The lowest BCUT2D eigenvalue weighted by Crippen LogP contribution is -2.34. The van der Waals surface area contributed by atoms with Crippen LogP contribution in [0.3, 0.4) is 0 Å². The van der Waals surface area contributed by atoms with Crippen LogP contribution >= 0.6 is 0 Å². The molecule has 1 aromatic heterocycles. The van der Waals surface area contributed by atoms with Crippen molar-refractivity contribution in [2.75, 3.05) is 14.7 Å². The van der Waals surface area contributed by atoms with Gasteiger partial charge in [0, 0.05) is 73.8 Å². The number of fused-ring (bicyclic) bond motifs is 5. The monoisotopic (exact) mass is 990 g/mol. The highest BCUT2D eigenvalue weighted by Gasteiger charge is 2.41. The quantitative estimate of drug-likeness (QED) is 0.128. The fourth-order valence-electron chi connectivity index (χ4n) is 12.5. The first kappa shape index (κ1) is 46.2. The summed E-state index contributed by atoms with van der Waals surface area (Å²) >= 11 is 0. The average molecular weight is 991 g/mol. The molecule has 9 aromatic carbocycles. The minimum absolute atomic E-state index is 0.223. The Balaban J connectivity index is 0.798. The average Bonchev–Trinajstić information content (AvgIpc) is 4.12. The second-order valence-corrected chi connectivity index (χ2v) is 20.9. The van der Waals surface area contributed by atoms with Crippen molar-refractivity contribution in [1.29, 1.82) is 0 Å². The summed E-state index contributed by atoms with van der Waals surface area (Å²) in [5, 5.41) is 2.46. The van der Waals surface area contributed by atoms with E-state index in [4.69, 9.17) is 0 Å². The predicted octanol–water partition coefficient (Wildman–Crippen LogP) is 18.8. The van der Waals surface area contributed by atoms with Crippen LogP contribution in [0.5, 0.6) is 0 Å². The van der Waals surface area contributed by atoms with Crippen molar-refractivity contribution in [2.24, 2.45) is 11.8 Å². The number of allylic oxidation sites excluding steroid dienone is 6. The smallest absolute Gasteiger partial charge is 0.0627 e. The van der Waals surface area contributed by atoms with E-state index in [-0.39, 0.29) is 17.9 Å². The molecule has 0 saturated carbocycles.